The Labute approximate surface area is 149 Å². The number of fused-ring (bicyclic) bond motifs is 1. The molecule has 0 spiro atoms. The van der Waals surface area contributed by atoms with E-state index in [0.717, 1.165) is 6.26 Å². The predicted octanol–water partition coefficient (Wildman–Crippen LogP) is -2.24. The second-order valence-electron chi connectivity index (χ2n) is 7.06. The number of carbonyl (C=O) groups is 1. The molecule has 0 aromatic carbocycles. The van der Waals surface area contributed by atoms with Crippen molar-refractivity contribution in [3.63, 3.8) is 0 Å². The topological polar surface area (TPSA) is 166 Å². The van der Waals surface area contributed by atoms with E-state index in [-0.39, 0.29) is 17.9 Å². The number of rotatable bonds is 4. The van der Waals surface area contributed by atoms with Crippen molar-refractivity contribution in [2.24, 2.45) is 17.8 Å². The molecule has 2 aliphatic heterocycles. The predicted molar refractivity (Wildman–Crippen MR) is 82.2 cm³/mol. The summed E-state index contributed by atoms with van der Waals surface area (Å²) < 4.78 is 16.3. The van der Waals surface area contributed by atoms with Gasteiger partial charge in [0.2, 0.25) is 6.29 Å². The van der Waals surface area contributed by atoms with Crippen LogP contribution in [0.2, 0.25) is 0 Å². The number of aliphatic carboxylic acids is 1. The Kier molecular flexibility index (Phi) is 5.54. The molecule has 0 aromatic heterocycles. The van der Waals surface area contributed by atoms with E-state index < -0.39 is 67.5 Å². The van der Waals surface area contributed by atoms with Gasteiger partial charge >= 0.3 is 5.97 Å². The number of hydrogen-bond acceptors (Lipinski definition) is 9. The van der Waals surface area contributed by atoms with Gasteiger partial charge in [0.25, 0.3) is 0 Å². The van der Waals surface area contributed by atoms with E-state index >= 15 is 0 Å². The summed E-state index contributed by atoms with van der Waals surface area (Å²) in [6.07, 6.45) is -7.71. The first-order valence-corrected chi connectivity index (χ1v) is 8.49. The zero-order valence-electron chi connectivity index (χ0n) is 14.1. The largest absolute Gasteiger partial charge is 0.478 e. The van der Waals surface area contributed by atoms with Crippen molar-refractivity contribution in [3.8, 4) is 0 Å². The van der Waals surface area contributed by atoms with Crippen molar-refractivity contribution >= 4 is 5.97 Å². The van der Waals surface area contributed by atoms with Crippen molar-refractivity contribution in [2.45, 2.75) is 56.4 Å². The lowest BCUT2D eigenvalue weighted by atomic mass is 9.83. The minimum Gasteiger partial charge on any atom is -0.478 e. The Morgan fingerprint density at radius 1 is 1.19 bits per heavy atom. The Morgan fingerprint density at radius 3 is 2.50 bits per heavy atom. The van der Waals surface area contributed by atoms with Gasteiger partial charge < -0.3 is 44.8 Å². The van der Waals surface area contributed by atoms with Gasteiger partial charge in [0.05, 0.1) is 24.5 Å². The first-order chi connectivity index (χ1) is 12.3. The number of ether oxygens (including phenoxy) is 3. The van der Waals surface area contributed by atoms with Crippen LogP contribution in [0.4, 0.5) is 0 Å². The van der Waals surface area contributed by atoms with Crippen LogP contribution < -0.4 is 0 Å². The second-order valence-corrected chi connectivity index (χ2v) is 7.06. The van der Waals surface area contributed by atoms with Crippen LogP contribution in [0.15, 0.2) is 11.8 Å². The highest BCUT2D eigenvalue weighted by Gasteiger charge is 2.53. The summed E-state index contributed by atoms with van der Waals surface area (Å²) in [5, 5.41) is 58.5. The Balaban J connectivity index is 1.79. The van der Waals surface area contributed by atoms with Crippen LogP contribution in [0.25, 0.3) is 0 Å². The van der Waals surface area contributed by atoms with Crippen molar-refractivity contribution in [2.75, 3.05) is 6.61 Å². The highest BCUT2D eigenvalue weighted by atomic mass is 16.8. The van der Waals surface area contributed by atoms with E-state index in [1.54, 1.807) is 6.92 Å². The van der Waals surface area contributed by atoms with Gasteiger partial charge in [-0.05, 0) is 12.3 Å². The monoisotopic (exact) mass is 376 g/mol. The summed E-state index contributed by atoms with van der Waals surface area (Å²) in [4.78, 5) is 11.4. The van der Waals surface area contributed by atoms with Gasteiger partial charge in [0.15, 0.2) is 6.29 Å². The molecule has 2 heterocycles. The SMILES string of the molecule is C[C@@H]1C2C(C[C@H]1O)C(C(=O)O)=CO[C@H]2O[C@@H]1O[C@H](CO)[C@@H](O)[C@H](O)[C@H]1O. The molecule has 0 amide bonds. The van der Waals surface area contributed by atoms with Gasteiger partial charge in [0, 0.05) is 11.8 Å². The highest BCUT2D eigenvalue weighted by Crippen LogP contribution is 2.47. The Morgan fingerprint density at radius 2 is 1.88 bits per heavy atom. The maximum absolute atomic E-state index is 11.4. The number of aliphatic hydroxyl groups excluding tert-OH is 5. The van der Waals surface area contributed by atoms with Crippen molar-refractivity contribution < 1.29 is 49.6 Å². The van der Waals surface area contributed by atoms with Crippen LogP contribution in [-0.2, 0) is 19.0 Å². The minimum atomic E-state index is -1.60. The molecule has 1 aliphatic carbocycles. The average molecular weight is 376 g/mol. The molecule has 1 saturated carbocycles. The van der Waals surface area contributed by atoms with Crippen molar-refractivity contribution in [3.05, 3.63) is 11.8 Å². The summed E-state index contributed by atoms with van der Waals surface area (Å²) in [5.41, 5.74) is 0.0343. The first kappa shape index (κ1) is 19.5. The minimum absolute atomic E-state index is 0.0343. The van der Waals surface area contributed by atoms with Crippen molar-refractivity contribution in [1.82, 2.24) is 0 Å². The van der Waals surface area contributed by atoms with E-state index in [2.05, 4.69) is 0 Å². The molecule has 0 radical (unpaired) electrons. The number of hydrogen-bond donors (Lipinski definition) is 6. The molecular weight excluding hydrogens is 352 g/mol. The molecule has 0 bridgehead atoms. The molecule has 3 aliphatic rings. The summed E-state index contributed by atoms with van der Waals surface area (Å²) >= 11 is 0. The fourth-order valence-electron chi connectivity index (χ4n) is 3.99. The van der Waals surface area contributed by atoms with Crippen LogP contribution in [-0.4, -0.2) is 86.3 Å². The Hall–Kier alpha value is -1.27. The zero-order valence-corrected chi connectivity index (χ0v) is 14.1. The van der Waals surface area contributed by atoms with Crippen molar-refractivity contribution in [1.29, 1.82) is 0 Å². The molecule has 10 heteroatoms. The van der Waals surface area contributed by atoms with E-state index in [1.807, 2.05) is 0 Å². The maximum Gasteiger partial charge on any atom is 0.334 e. The fourth-order valence-corrected chi connectivity index (χ4v) is 3.99. The molecule has 3 rings (SSSR count). The van der Waals surface area contributed by atoms with Gasteiger partial charge in [0.1, 0.15) is 24.4 Å². The molecule has 26 heavy (non-hydrogen) atoms. The summed E-state index contributed by atoms with van der Waals surface area (Å²) in [7, 11) is 0. The zero-order chi connectivity index (χ0) is 19.2. The second kappa shape index (κ2) is 7.39. The lowest BCUT2D eigenvalue weighted by Crippen LogP contribution is -2.60. The lowest BCUT2D eigenvalue weighted by molar-refractivity contribution is -0.342. The summed E-state index contributed by atoms with van der Waals surface area (Å²) in [6, 6.07) is 0. The van der Waals surface area contributed by atoms with Gasteiger partial charge in [-0.25, -0.2) is 4.79 Å². The molecule has 10 atom stereocenters. The van der Waals surface area contributed by atoms with Gasteiger partial charge in [-0.15, -0.1) is 0 Å². The molecule has 148 valence electrons. The van der Waals surface area contributed by atoms with Gasteiger partial charge in [-0.3, -0.25) is 0 Å². The molecule has 2 unspecified atom stereocenters. The molecule has 2 fully saturated rings. The fraction of sp³-hybridized carbons (Fsp3) is 0.812. The van der Waals surface area contributed by atoms with Crippen LogP contribution in [0.5, 0.6) is 0 Å². The Bertz CT molecular complexity index is 563. The maximum atomic E-state index is 11.4. The quantitative estimate of drug-likeness (QED) is 0.316. The van der Waals surface area contributed by atoms with E-state index in [4.69, 9.17) is 14.2 Å². The third kappa shape index (κ3) is 3.22. The van der Waals surface area contributed by atoms with Gasteiger partial charge in [-0.1, -0.05) is 6.92 Å². The van der Waals surface area contributed by atoms with E-state index in [9.17, 15) is 35.4 Å². The smallest absolute Gasteiger partial charge is 0.334 e. The third-order valence-corrected chi connectivity index (χ3v) is 5.58. The number of carboxylic acids is 1. The van der Waals surface area contributed by atoms with Crippen LogP contribution in [0, 0.1) is 17.8 Å². The standard InChI is InChI=1S/C16H24O10/c1-5-8(18)2-6-7(14(22)23)4-24-15(10(5)6)26-16-13(21)12(20)11(19)9(3-17)25-16/h4-6,8-13,15-21H,2-3H2,1H3,(H,22,23)/t5-,6?,8+,9+,10?,11+,12-,13+,15-,16-/m0/s1. The molecule has 1 saturated heterocycles. The molecular formula is C16H24O10. The number of aliphatic hydroxyl groups is 5. The van der Waals surface area contributed by atoms with Crippen LogP contribution in [0.1, 0.15) is 13.3 Å². The van der Waals surface area contributed by atoms with Gasteiger partial charge in [-0.2, -0.15) is 0 Å². The van der Waals surface area contributed by atoms with Crippen LogP contribution in [0.3, 0.4) is 0 Å². The van der Waals surface area contributed by atoms with Crippen LogP contribution >= 0.6 is 0 Å². The summed E-state index contributed by atoms with van der Waals surface area (Å²) in [5.74, 6) is -2.49. The van der Waals surface area contributed by atoms with E-state index in [1.165, 1.54) is 0 Å². The molecule has 6 N–H and O–H groups in total. The highest BCUT2D eigenvalue weighted by molar-refractivity contribution is 5.87. The molecule has 0 aromatic rings. The first-order valence-electron chi connectivity index (χ1n) is 8.49. The third-order valence-electron chi connectivity index (χ3n) is 5.58. The lowest BCUT2D eigenvalue weighted by Gasteiger charge is -2.43. The average Bonchev–Trinajstić information content (AvgIpc) is 2.90. The molecule has 10 nitrogen and oxygen atoms in total. The normalized spacial score (nSPS) is 48.5. The van der Waals surface area contributed by atoms with E-state index in [0.29, 0.717) is 0 Å². The summed E-state index contributed by atoms with van der Waals surface area (Å²) in [6.45, 7) is 1.15. The number of carboxylic acid groups (broad SMARTS) is 1.